The van der Waals surface area contributed by atoms with Gasteiger partial charge in [-0.1, -0.05) is 23.2 Å². The molecule has 0 radical (unpaired) electrons. The van der Waals surface area contributed by atoms with Crippen LogP contribution in [0.4, 0.5) is 5.69 Å². The number of carbonyl (C=O) groups excluding carboxylic acids is 1. The third-order valence-electron chi connectivity index (χ3n) is 2.24. The Morgan fingerprint density at radius 1 is 1.30 bits per heavy atom. The van der Waals surface area contributed by atoms with Crippen LogP contribution in [0, 0.1) is 0 Å². The highest BCUT2D eigenvalue weighted by Crippen LogP contribution is 2.33. The van der Waals surface area contributed by atoms with Crippen molar-refractivity contribution in [3.8, 4) is 0 Å². The van der Waals surface area contributed by atoms with Crippen LogP contribution in [-0.4, -0.2) is 19.3 Å². The number of rotatable bonds is 3. The fourth-order valence-electron chi connectivity index (χ4n) is 1.34. The fourth-order valence-corrected chi connectivity index (χ4v) is 3.13. The molecule has 2 aromatic rings. The van der Waals surface area contributed by atoms with Crippen LogP contribution < -0.4 is 10.5 Å². The Morgan fingerprint density at radius 2 is 1.90 bits per heavy atom. The van der Waals surface area contributed by atoms with Gasteiger partial charge in [-0.2, -0.15) is 0 Å². The van der Waals surface area contributed by atoms with Crippen molar-refractivity contribution in [2.24, 2.45) is 5.14 Å². The molecule has 3 N–H and O–H groups in total. The number of primary sulfonamides is 1. The van der Waals surface area contributed by atoms with Gasteiger partial charge in [0.1, 0.15) is 4.88 Å². The molecule has 0 aliphatic rings. The Morgan fingerprint density at radius 3 is 2.35 bits per heavy atom. The molecule has 6 nitrogen and oxygen atoms in total. The van der Waals surface area contributed by atoms with Crippen LogP contribution in [0.5, 0.6) is 0 Å². The summed E-state index contributed by atoms with van der Waals surface area (Å²) in [5, 5.41) is 7.42. The lowest BCUT2D eigenvalue weighted by Crippen LogP contribution is -2.14. The van der Waals surface area contributed by atoms with Crippen molar-refractivity contribution in [1.82, 2.24) is 4.98 Å². The lowest BCUT2D eigenvalue weighted by atomic mass is 10.3. The Balaban J connectivity index is 2.37. The highest BCUT2D eigenvalue weighted by atomic mass is 35.5. The molecular weight excluding hydrogens is 345 g/mol. The smallest absolute Gasteiger partial charge is 0.267 e. The summed E-state index contributed by atoms with van der Waals surface area (Å²) in [6.07, 6.45) is 1.39. The molecule has 0 aliphatic carbocycles. The molecule has 1 aromatic carbocycles. The molecule has 0 fully saturated rings. The summed E-state index contributed by atoms with van der Waals surface area (Å²) < 4.78 is 22.4. The highest BCUT2D eigenvalue weighted by molar-refractivity contribution is 7.89. The van der Waals surface area contributed by atoms with E-state index in [4.69, 9.17) is 28.3 Å². The van der Waals surface area contributed by atoms with Crippen molar-refractivity contribution in [2.45, 2.75) is 4.90 Å². The van der Waals surface area contributed by atoms with E-state index >= 15 is 0 Å². The van der Waals surface area contributed by atoms with E-state index < -0.39 is 15.9 Å². The number of amides is 1. The number of benzene rings is 1. The van der Waals surface area contributed by atoms with E-state index in [0.717, 1.165) is 23.5 Å². The van der Waals surface area contributed by atoms with Gasteiger partial charge in [0.05, 0.1) is 32.3 Å². The molecule has 0 aliphatic heterocycles. The average Bonchev–Trinajstić information content (AvgIpc) is 2.85. The minimum absolute atomic E-state index is 0.0283. The van der Waals surface area contributed by atoms with Crippen LogP contribution in [-0.2, 0) is 10.0 Å². The number of carbonyl (C=O) groups is 1. The molecule has 0 unspecified atom stereocenters. The predicted octanol–water partition coefficient (Wildman–Crippen LogP) is 2.35. The number of nitrogens with zero attached hydrogens (tertiary/aromatic N) is 1. The summed E-state index contributed by atoms with van der Waals surface area (Å²) in [5.41, 5.74) is 1.61. The van der Waals surface area contributed by atoms with E-state index in [-0.39, 0.29) is 20.6 Å². The van der Waals surface area contributed by atoms with Crippen LogP contribution in [0.2, 0.25) is 10.0 Å². The average molecular weight is 352 g/mol. The summed E-state index contributed by atoms with van der Waals surface area (Å²) in [7, 11) is -3.93. The zero-order chi connectivity index (χ0) is 14.9. The fraction of sp³-hybridized carbons (Fsp3) is 0. The van der Waals surface area contributed by atoms with Crippen LogP contribution in [0.15, 0.2) is 28.7 Å². The van der Waals surface area contributed by atoms with Gasteiger partial charge < -0.3 is 5.32 Å². The molecule has 1 aromatic heterocycles. The van der Waals surface area contributed by atoms with Gasteiger partial charge in [-0.15, -0.1) is 11.3 Å². The summed E-state index contributed by atoms with van der Waals surface area (Å²) in [4.78, 5) is 15.8. The summed E-state index contributed by atoms with van der Waals surface area (Å²) in [5.74, 6) is -0.445. The van der Waals surface area contributed by atoms with E-state index in [1.54, 1.807) is 0 Å². The lowest BCUT2D eigenvalue weighted by molar-refractivity contribution is 0.103. The van der Waals surface area contributed by atoms with Gasteiger partial charge in [-0.25, -0.2) is 13.6 Å². The van der Waals surface area contributed by atoms with Crippen LogP contribution in [0.25, 0.3) is 0 Å². The minimum atomic E-state index is -3.93. The lowest BCUT2D eigenvalue weighted by Gasteiger charge is -2.10. The topological polar surface area (TPSA) is 102 Å². The number of thiazole rings is 1. The Labute approximate surface area is 128 Å². The second-order valence-corrected chi connectivity index (χ2v) is 6.89. The van der Waals surface area contributed by atoms with E-state index in [1.807, 2.05) is 0 Å². The largest absolute Gasteiger partial charge is 0.319 e. The third kappa shape index (κ3) is 3.28. The second kappa shape index (κ2) is 5.66. The standard InChI is InChI=1S/C10H7Cl2N3O3S2/c11-6-1-5(20(13,17)18)2-7(12)9(6)15-10(16)8-3-14-4-19-8/h1-4H,(H,15,16)(H2,13,17,18). The van der Waals surface area contributed by atoms with Crippen molar-refractivity contribution in [2.75, 3.05) is 5.32 Å². The Bertz CT molecular complexity index is 737. The first kappa shape index (κ1) is 15.2. The summed E-state index contributed by atoms with van der Waals surface area (Å²) in [6, 6.07) is 2.23. The first-order valence-corrected chi connectivity index (χ1v) is 8.19. The number of hydrogen-bond acceptors (Lipinski definition) is 5. The highest BCUT2D eigenvalue weighted by Gasteiger charge is 2.17. The van der Waals surface area contributed by atoms with Gasteiger partial charge in [-0.3, -0.25) is 9.78 Å². The monoisotopic (exact) mass is 351 g/mol. The number of halogens is 2. The molecule has 0 atom stereocenters. The van der Waals surface area contributed by atoms with E-state index in [0.29, 0.717) is 4.88 Å². The molecule has 20 heavy (non-hydrogen) atoms. The zero-order valence-electron chi connectivity index (χ0n) is 9.63. The minimum Gasteiger partial charge on any atom is -0.319 e. The van der Waals surface area contributed by atoms with Crippen molar-refractivity contribution in [1.29, 1.82) is 0 Å². The van der Waals surface area contributed by atoms with Gasteiger partial charge in [0.25, 0.3) is 5.91 Å². The van der Waals surface area contributed by atoms with Gasteiger partial charge in [0.2, 0.25) is 10.0 Å². The maximum atomic E-state index is 11.9. The summed E-state index contributed by atoms with van der Waals surface area (Å²) >= 11 is 13.0. The molecule has 106 valence electrons. The first-order chi connectivity index (χ1) is 9.29. The molecule has 1 amide bonds. The zero-order valence-corrected chi connectivity index (χ0v) is 12.8. The summed E-state index contributed by atoms with van der Waals surface area (Å²) in [6.45, 7) is 0. The quantitative estimate of drug-likeness (QED) is 0.885. The number of nitrogens with two attached hydrogens (primary N) is 1. The second-order valence-electron chi connectivity index (χ2n) is 3.63. The number of anilines is 1. The molecule has 10 heteroatoms. The molecule has 0 spiro atoms. The first-order valence-electron chi connectivity index (χ1n) is 5.00. The maximum absolute atomic E-state index is 11.9. The SMILES string of the molecule is NS(=O)(=O)c1cc(Cl)c(NC(=O)c2cncs2)c(Cl)c1. The molecule has 0 saturated carbocycles. The van der Waals surface area contributed by atoms with E-state index in [9.17, 15) is 13.2 Å². The van der Waals surface area contributed by atoms with Crippen molar-refractivity contribution in [3.05, 3.63) is 38.8 Å². The molecule has 0 saturated heterocycles. The van der Waals surface area contributed by atoms with Gasteiger partial charge in [-0.05, 0) is 12.1 Å². The van der Waals surface area contributed by atoms with E-state index in [2.05, 4.69) is 10.3 Å². The normalized spacial score (nSPS) is 11.3. The number of sulfonamides is 1. The predicted molar refractivity (Wildman–Crippen MR) is 77.9 cm³/mol. The maximum Gasteiger partial charge on any atom is 0.267 e. The van der Waals surface area contributed by atoms with E-state index in [1.165, 1.54) is 11.7 Å². The van der Waals surface area contributed by atoms with Crippen molar-refractivity contribution in [3.63, 3.8) is 0 Å². The number of nitrogens with one attached hydrogen (secondary N) is 1. The molecule has 0 bridgehead atoms. The third-order valence-corrected chi connectivity index (χ3v) is 4.50. The van der Waals surface area contributed by atoms with Gasteiger partial charge in [0.15, 0.2) is 0 Å². The Hall–Kier alpha value is -1.19. The number of hydrogen-bond donors (Lipinski definition) is 2. The van der Waals surface area contributed by atoms with Gasteiger partial charge >= 0.3 is 0 Å². The molecule has 1 heterocycles. The van der Waals surface area contributed by atoms with Crippen LogP contribution in [0.3, 0.4) is 0 Å². The van der Waals surface area contributed by atoms with Crippen molar-refractivity contribution < 1.29 is 13.2 Å². The van der Waals surface area contributed by atoms with Crippen molar-refractivity contribution >= 4 is 56.2 Å². The van der Waals surface area contributed by atoms with Crippen LogP contribution in [0.1, 0.15) is 9.67 Å². The Kier molecular flexibility index (Phi) is 4.31. The molecular formula is C10H7Cl2N3O3S2. The van der Waals surface area contributed by atoms with Gasteiger partial charge in [0, 0.05) is 0 Å². The number of aromatic nitrogens is 1. The van der Waals surface area contributed by atoms with Crippen LogP contribution >= 0.6 is 34.5 Å². The molecule has 2 rings (SSSR count).